The van der Waals surface area contributed by atoms with Gasteiger partial charge in [0.1, 0.15) is 0 Å². The Hall–Kier alpha value is -1.38. The van der Waals surface area contributed by atoms with E-state index in [-0.39, 0.29) is 11.8 Å². The van der Waals surface area contributed by atoms with Gasteiger partial charge in [-0.1, -0.05) is 13.8 Å². The first-order valence-corrected chi connectivity index (χ1v) is 5.75. The molecule has 1 heterocycles. The summed E-state index contributed by atoms with van der Waals surface area (Å²) in [5, 5.41) is 8.88. The normalized spacial score (nSPS) is 23.4. The molecule has 1 saturated carbocycles. The summed E-state index contributed by atoms with van der Waals surface area (Å²) in [4.78, 5) is 15.1. The van der Waals surface area contributed by atoms with Crippen LogP contribution in [0.15, 0.2) is 18.3 Å². The molecule has 0 bridgehead atoms. The molecule has 1 aromatic heterocycles. The van der Waals surface area contributed by atoms with Crippen LogP contribution in [0.25, 0.3) is 0 Å². The zero-order valence-corrected chi connectivity index (χ0v) is 9.68. The highest BCUT2D eigenvalue weighted by Crippen LogP contribution is 2.47. The smallest absolute Gasteiger partial charge is 0.307 e. The van der Waals surface area contributed by atoms with Gasteiger partial charge in [-0.25, -0.2) is 0 Å². The van der Waals surface area contributed by atoms with E-state index in [9.17, 15) is 4.79 Å². The number of hydrogen-bond donors (Lipinski definition) is 1. The van der Waals surface area contributed by atoms with Crippen LogP contribution in [-0.2, 0) is 11.2 Å². The molecule has 0 saturated heterocycles. The van der Waals surface area contributed by atoms with Crippen molar-refractivity contribution in [3.8, 4) is 0 Å². The summed E-state index contributed by atoms with van der Waals surface area (Å²) in [6.45, 7) is 4.32. The Balaban J connectivity index is 2.09. The zero-order chi connectivity index (χ0) is 11.7. The Morgan fingerprint density at radius 3 is 2.94 bits per heavy atom. The minimum absolute atomic E-state index is 0.172. The van der Waals surface area contributed by atoms with Gasteiger partial charge in [0.15, 0.2) is 0 Å². The molecule has 1 aliphatic rings. The van der Waals surface area contributed by atoms with Crippen LogP contribution in [0.3, 0.4) is 0 Å². The monoisotopic (exact) mass is 219 g/mol. The van der Waals surface area contributed by atoms with Crippen LogP contribution in [0.1, 0.15) is 37.4 Å². The number of aliphatic carboxylic acids is 1. The molecule has 2 atom stereocenters. The number of pyridine rings is 1. The third kappa shape index (κ3) is 2.40. The summed E-state index contributed by atoms with van der Waals surface area (Å²) in [7, 11) is 0. The van der Waals surface area contributed by atoms with E-state index in [1.165, 1.54) is 0 Å². The van der Waals surface area contributed by atoms with Crippen LogP contribution >= 0.6 is 0 Å². The quantitative estimate of drug-likeness (QED) is 0.846. The summed E-state index contributed by atoms with van der Waals surface area (Å²) >= 11 is 0. The average Bonchev–Trinajstić information content (AvgIpc) is 2.96. The second kappa shape index (κ2) is 4.24. The van der Waals surface area contributed by atoms with E-state index in [0.29, 0.717) is 5.92 Å². The lowest BCUT2D eigenvalue weighted by Gasteiger charge is -2.05. The summed E-state index contributed by atoms with van der Waals surface area (Å²) in [5.74, 6) is -0.0508. The van der Waals surface area contributed by atoms with Crippen molar-refractivity contribution in [2.75, 3.05) is 0 Å². The summed E-state index contributed by atoms with van der Waals surface area (Å²) in [6.07, 6.45) is 3.53. The number of nitrogens with zero attached hydrogens (tertiary/aromatic N) is 1. The SMILES string of the molecule is CC(C)Cc1cc(C2CC2C(=O)O)ccn1. The highest BCUT2D eigenvalue weighted by Gasteiger charge is 2.44. The molecule has 1 N–H and O–H groups in total. The molecule has 2 rings (SSSR count). The van der Waals surface area contributed by atoms with Crippen LogP contribution in [0.4, 0.5) is 0 Å². The molecule has 1 fully saturated rings. The number of hydrogen-bond acceptors (Lipinski definition) is 2. The molecule has 0 amide bonds. The number of carbonyl (C=O) groups is 1. The number of aromatic nitrogens is 1. The molecule has 3 nitrogen and oxygen atoms in total. The maximum absolute atomic E-state index is 10.8. The Morgan fingerprint density at radius 1 is 1.62 bits per heavy atom. The third-order valence-corrected chi connectivity index (χ3v) is 2.99. The number of rotatable bonds is 4. The molecule has 2 unspecified atom stereocenters. The fraction of sp³-hybridized carbons (Fsp3) is 0.538. The van der Waals surface area contributed by atoms with Gasteiger partial charge in [-0.2, -0.15) is 0 Å². The summed E-state index contributed by atoms with van der Waals surface area (Å²) in [6, 6.07) is 4.00. The van der Waals surface area contributed by atoms with Crippen LogP contribution in [0.5, 0.6) is 0 Å². The molecule has 3 heteroatoms. The van der Waals surface area contributed by atoms with Gasteiger partial charge in [-0.05, 0) is 42.4 Å². The van der Waals surface area contributed by atoms with Crippen molar-refractivity contribution < 1.29 is 9.90 Å². The highest BCUT2D eigenvalue weighted by atomic mass is 16.4. The summed E-state index contributed by atoms with van der Waals surface area (Å²) < 4.78 is 0. The minimum Gasteiger partial charge on any atom is -0.481 e. The van der Waals surface area contributed by atoms with Gasteiger partial charge in [-0.15, -0.1) is 0 Å². The topological polar surface area (TPSA) is 50.2 Å². The van der Waals surface area contributed by atoms with Crippen molar-refractivity contribution >= 4 is 5.97 Å². The molecular formula is C13H17NO2. The molecular weight excluding hydrogens is 202 g/mol. The maximum Gasteiger partial charge on any atom is 0.307 e. The predicted molar refractivity (Wildman–Crippen MR) is 61.3 cm³/mol. The average molecular weight is 219 g/mol. The van der Waals surface area contributed by atoms with Gasteiger partial charge >= 0.3 is 5.97 Å². The third-order valence-electron chi connectivity index (χ3n) is 2.99. The van der Waals surface area contributed by atoms with E-state index >= 15 is 0 Å². The lowest BCUT2D eigenvalue weighted by atomic mass is 10.0. The molecule has 86 valence electrons. The van der Waals surface area contributed by atoms with Crippen molar-refractivity contribution in [3.63, 3.8) is 0 Å². The lowest BCUT2D eigenvalue weighted by molar-refractivity contribution is -0.138. The highest BCUT2D eigenvalue weighted by molar-refractivity contribution is 5.75. The number of carboxylic acid groups (broad SMARTS) is 1. The van der Waals surface area contributed by atoms with Crippen LogP contribution in [-0.4, -0.2) is 16.1 Å². The molecule has 1 aromatic rings. The van der Waals surface area contributed by atoms with Crippen molar-refractivity contribution in [2.45, 2.75) is 32.6 Å². The Morgan fingerprint density at radius 2 is 2.38 bits per heavy atom. The van der Waals surface area contributed by atoms with Gasteiger partial charge in [0.25, 0.3) is 0 Å². The van der Waals surface area contributed by atoms with E-state index in [1.807, 2.05) is 6.07 Å². The molecule has 16 heavy (non-hydrogen) atoms. The Labute approximate surface area is 95.5 Å². The largest absolute Gasteiger partial charge is 0.481 e. The van der Waals surface area contributed by atoms with E-state index in [2.05, 4.69) is 24.9 Å². The lowest BCUT2D eigenvalue weighted by Crippen LogP contribution is -2.01. The fourth-order valence-electron chi connectivity index (χ4n) is 2.09. The minimum atomic E-state index is -0.674. The molecule has 0 aromatic carbocycles. The van der Waals surface area contributed by atoms with Crippen molar-refractivity contribution in [2.24, 2.45) is 11.8 Å². The van der Waals surface area contributed by atoms with Crippen LogP contribution in [0.2, 0.25) is 0 Å². The first-order chi connectivity index (χ1) is 7.58. The van der Waals surface area contributed by atoms with Gasteiger partial charge in [0, 0.05) is 11.9 Å². The van der Waals surface area contributed by atoms with Gasteiger partial charge in [0.2, 0.25) is 0 Å². The van der Waals surface area contributed by atoms with Gasteiger partial charge in [0.05, 0.1) is 5.92 Å². The zero-order valence-electron chi connectivity index (χ0n) is 9.68. The van der Waals surface area contributed by atoms with E-state index in [1.54, 1.807) is 6.20 Å². The molecule has 1 aliphatic carbocycles. The fourth-order valence-corrected chi connectivity index (χ4v) is 2.09. The van der Waals surface area contributed by atoms with E-state index < -0.39 is 5.97 Å². The van der Waals surface area contributed by atoms with E-state index in [0.717, 1.165) is 24.1 Å². The molecule has 0 aliphatic heterocycles. The Kier molecular flexibility index (Phi) is 2.95. The van der Waals surface area contributed by atoms with Gasteiger partial charge < -0.3 is 5.11 Å². The second-order valence-electron chi connectivity index (χ2n) is 4.97. The second-order valence-corrected chi connectivity index (χ2v) is 4.97. The van der Waals surface area contributed by atoms with Crippen molar-refractivity contribution in [1.29, 1.82) is 0 Å². The molecule has 0 radical (unpaired) electrons. The first-order valence-electron chi connectivity index (χ1n) is 5.75. The number of carboxylic acids is 1. The standard InChI is InChI=1S/C13H17NO2/c1-8(2)5-10-6-9(3-4-14-10)11-7-12(11)13(15)16/h3-4,6,8,11-12H,5,7H2,1-2H3,(H,15,16). The van der Waals surface area contributed by atoms with Crippen molar-refractivity contribution in [3.05, 3.63) is 29.6 Å². The van der Waals surface area contributed by atoms with Gasteiger partial charge in [-0.3, -0.25) is 9.78 Å². The van der Waals surface area contributed by atoms with Crippen LogP contribution in [0, 0.1) is 11.8 Å². The van der Waals surface area contributed by atoms with Crippen LogP contribution < -0.4 is 0 Å². The Bertz CT molecular complexity index is 401. The first kappa shape index (κ1) is 11.1. The predicted octanol–water partition coefficient (Wildman–Crippen LogP) is 2.47. The van der Waals surface area contributed by atoms with Crippen molar-refractivity contribution in [1.82, 2.24) is 4.98 Å². The summed E-state index contributed by atoms with van der Waals surface area (Å²) in [5.41, 5.74) is 2.21. The van der Waals surface area contributed by atoms with E-state index in [4.69, 9.17) is 5.11 Å². The maximum atomic E-state index is 10.8. The molecule has 0 spiro atoms.